The Kier molecular flexibility index (Phi) is 4.73. The highest BCUT2D eigenvalue weighted by atomic mass is 16.5. The molecule has 3 rings (SSSR count). The monoisotopic (exact) mass is 314 g/mol. The zero-order chi connectivity index (χ0) is 16.2. The van der Waals surface area contributed by atoms with Gasteiger partial charge >= 0.3 is 0 Å². The van der Waals surface area contributed by atoms with Crippen LogP contribution < -0.4 is 5.32 Å². The summed E-state index contributed by atoms with van der Waals surface area (Å²) in [6, 6.07) is 9.83. The molecule has 0 unspecified atom stereocenters. The highest BCUT2D eigenvalue weighted by Gasteiger charge is 2.34. The molecule has 122 valence electrons. The molecular weight excluding hydrogens is 292 g/mol. The second-order valence-corrected chi connectivity index (χ2v) is 5.82. The van der Waals surface area contributed by atoms with Gasteiger partial charge in [0.2, 0.25) is 5.91 Å². The van der Waals surface area contributed by atoms with Crippen LogP contribution in [0.5, 0.6) is 0 Å². The van der Waals surface area contributed by atoms with Crippen LogP contribution in [-0.4, -0.2) is 53.2 Å². The van der Waals surface area contributed by atoms with Gasteiger partial charge in [0.25, 0.3) is 0 Å². The number of hydrogen-bond acceptors (Lipinski definition) is 4. The van der Waals surface area contributed by atoms with Gasteiger partial charge in [0.05, 0.1) is 18.7 Å². The van der Waals surface area contributed by atoms with Crippen molar-refractivity contribution in [1.82, 2.24) is 19.8 Å². The Morgan fingerprint density at radius 1 is 1.39 bits per heavy atom. The van der Waals surface area contributed by atoms with Crippen molar-refractivity contribution in [3.05, 3.63) is 48.5 Å². The molecule has 1 aliphatic rings. The first kappa shape index (κ1) is 15.7. The zero-order valence-corrected chi connectivity index (χ0v) is 13.5. The van der Waals surface area contributed by atoms with Crippen molar-refractivity contribution in [2.75, 3.05) is 20.7 Å². The lowest BCUT2D eigenvalue weighted by atomic mass is 10.2. The number of imidazole rings is 1. The summed E-state index contributed by atoms with van der Waals surface area (Å²) in [5, 5.41) is 2.99. The summed E-state index contributed by atoms with van der Waals surface area (Å²) in [6.07, 6.45) is 4.50. The van der Waals surface area contributed by atoms with Crippen molar-refractivity contribution < 1.29 is 9.53 Å². The van der Waals surface area contributed by atoms with Crippen LogP contribution in [0.15, 0.2) is 42.7 Å². The van der Waals surface area contributed by atoms with E-state index in [2.05, 4.69) is 10.3 Å². The molecule has 2 atom stereocenters. The van der Waals surface area contributed by atoms with Crippen molar-refractivity contribution in [3.63, 3.8) is 0 Å². The third-order valence-corrected chi connectivity index (χ3v) is 4.32. The van der Waals surface area contributed by atoms with Gasteiger partial charge < -0.3 is 14.6 Å². The smallest absolute Gasteiger partial charge is 0.237 e. The number of aromatic nitrogens is 2. The number of methoxy groups -OCH3 is 1. The van der Waals surface area contributed by atoms with Crippen LogP contribution in [-0.2, 0) is 16.1 Å². The number of benzene rings is 1. The van der Waals surface area contributed by atoms with Crippen LogP contribution in [0.4, 0.5) is 0 Å². The van der Waals surface area contributed by atoms with E-state index < -0.39 is 0 Å². The van der Waals surface area contributed by atoms with E-state index in [4.69, 9.17) is 4.74 Å². The molecule has 1 fully saturated rings. The number of amides is 1. The fourth-order valence-electron chi connectivity index (χ4n) is 3.00. The molecule has 6 heteroatoms. The van der Waals surface area contributed by atoms with Crippen LogP contribution in [0.3, 0.4) is 0 Å². The molecule has 6 nitrogen and oxygen atoms in total. The molecule has 2 aromatic rings. The van der Waals surface area contributed by atoms with Crippen molar-refractivity contribution >= 4 is 5.91 Å². The average molecular weight is 314 g/mol. The molecule has 1 aliphatic heterocycles. The molecule has 1 aromatic carbocycles. The number of carbonyl (C=O) groups is 1. The first-order valence-electron chi connectivity index (χ1n) is 7.77. The Balaban J connectivity index is 1.63. The summed E-state index contributed by atoms with van der Waals surface area (Å²) in [7, 11) is 3.64. The summed E-state index contributed by atoms with van der Waals surface area (Å²) >= 11 is 0. The van der Waals surface area contributed by atoms with Gasteiger partial charge in [-0.3, -0.25) is 9.69 Å². The molecule has 0 radical (unpaired) electrons. The van der Waals surface area contributed by atoms with Crippen LogP contribution in [0, 0.1) is 0 Å². The minimum absolute atomic E-state index is 0.0228. The molecule has 1 saturated heterocycles. The van der Waals surface area contributed by atoms with Gasteiger partial charge in [-0.05, 0) is 25.6 Å². The fourth-order valence-corrected chi connectivity index (χ4v) is 3.00. The number of para-hydroxylation sites is 1. The van der Waals surface area contributed by atoms with Crippen LogP contribution in [0.2, 0.25) is 0 Å². The lowest BCUT2D eigenvalue weighted by Crippen LogP contribution is -2.41. The summed E-state index contributed by atoms with van der Waals surface area (Å²) < 4.78 is 7.33. The van der Waals surface area contributed by atoms with E-state index in [9.17, 15) is 4.79 Å². The number of nitrogens with one attached hydrogen (secondary N) is 1. The molecule has 0 bridgehead atoms. The van der Waals surface area contributed by atoms with Crippen molar-refractivity contribution in [2.24, 2.45) is 0 Å². The number of carbonyl (C=O) groups excluding carboxylic acids is 1. The fraction of sp³-hybridized carbons (Fsp3) is 0.412. The Bertz CT molecular complexity index is 656. The Labute approximate surface area is 136 Å². The standard InChI is InChI=1S/C17H22N4O2/c1-20-12-14(23-2)10-15(20)17(22)19-11-16-18-8-9-21(16)13-6-4-3-5-7-13/h3-9,14-15H,10-12H2,1-2H3,(H,19,22)/t14-,15-/m0/s1. The van der Waals surface area contributed by atoms with Crippen LogP contribution >= 0.6 is 0 Å². The number of nitrogens with zero attached hydrogens (tertiary/aromatic N) is 3. The highest BCUT2D eigenvalue weighted by molar-refractivity contribution is 5.82. The molecular formula is C17H22N4O2. The van der Waals surface area contributed by atoms with Gasteiger partial charge in [0.1, 0.15) is 5.82 Å². The van der Waals surface area contributed by atoms with Crippen molar-refractivity contribution in [2.45, 2.75) is 25.1 Å². The summed E-state index contributed by atoms with van der Waals surface area (Å²) in [5.41, 5.74) is 1.03. The molecule has 0 aliphatic carbocycles. The van der Waals surface area contributed by atoms with Crippen LogP contribution in [0.25, 0.3) is 5.69 Å². The maximum absolute atomic E-state index is 12.4. The van der Waals surface area contributed by atoms with Crippen LogP contribution in [0.1, 0.15) is 12.2 Å². The van der Waals surface area contributed by atoms with E-state index in [0.717, 1.165) is 24.5 Å². The lowest BCUT2D eigenvalue weighted by Gasteiger charge is -2.18. The van der Waals surface area contributed by atoms with E-state index in [-0.39, 0.29) is 18.1 Å². The normalized spacial score (nSPS) is 21.5. The van der Waals surface area contributed by atoms with Gasteiger partial charge in [-0.15, -0.1) is 0 Å². The number of hydrogen-bond donors (Lipinski definition) is 1. The summed E-state index contributed by atoms with van der Waals surface area (Å²) in [4.78, 5) is 18.8. The largest absolute Gasteiger partial charge is 0.380 e. The van der Waals surface area contributed by atoms with E-state index in [1.165, 1.54) is 0 Å². The molecule has 1 N–H and O–H groups in total. The van der Waals surface area contributed by atoms with E-state index >= 15 is 0 Å². The van der Waals surface area contributed by atoms with E-state index in [1.807, 2.05) is 53.0 Å². The molecule has 23 heavy (non-hydrogen) atoms. The van der Waals surface area contributed by atoms with Crippen molar-refractivity contribution in [3.8, 4) is 5.69 Å². The summed E-state index contributed by atoms with van der Waals surface area (Å²) in [5.74, 6) is 0.836. The first-order valence-corrected chi connectivity index (χ1v) is 7.77. The summed E-state index contributed by atoms with van der Waals surface area (Å²) in [6.45, 7) is 1.19. The van der Waals surface area contributed by atoms with E-state index in [1.54, 1.807) is 13.3 Å². The quantitative estimate of drug-likeness (QED) is 0.901. The van der Waals surface area contributed by atoms with Gasteiger partial charge in [-0.2, -0.15) is 0 Å². The number of likely N-dealkylation sites (tertiary alicyclic amines) is 1. The maximum Gasteiger partial charge on any atom is 0.237 e. The number of rotatable bonds is 5. The third-order valence-electron chi connectivity index (χ3n) is 4.32. The zero-order valence-electron chi connectivity index (χ0n) is 13.5. The third kappa shape index (κ3) is 3.43. The van der Waals surface area contributed by atoms with E-state index in [0.29, 0.717) is 6.54 Å². The number of likely N-dealkylation sites (N-methyl/N-ethyl adjacent to an activating group) is 1. The van der Waals surface area contributed by atoms with Gasteiger partial charge in [0.15, 0.2) is 0 Å². The molecule has 0 saturated carbocycles. The first-order chi connectivity index (χ1) is 11.2. The van der Waals surface area contributed by atoms with Crippen molar-refractivity contribution in [1.29, 1.82) is 0 Å². The van der Waals surface area contributed by atoms with Gasteiger partial charge in [-0.25, -0.2) is 4.98 Å². The Morgan fingerprint density at radius 2 is 2.17 bits per heavy atom. The molecule has 2 heterocycles. The SMILES string of the molecule is CO[C@H]1C[C@@H](C(=O)NCc2nccn2-c2ccccc2)N(C)C1. The minimum atomic E-state index is -0.139. The van der Waals surface area contributed by atoms with Gasteiger partial charge in [-0.1, -0.05) is 18.2 Å². The van der Waals surface area contributed by atoms with Gasteiger partial charge in [0, 0.05) is 31.7 Å². The topological polar surface area (TPSA) is 59.4 Å². The maximum atomic E-state index is 12.4. The molecule has 1 aromatic heterocycles. The second-order valence-electron chi connectivity index (χ2n) is 5.82. The lowest BCUT2D eigenvalue weighted by molar-refractivity contribution is -0.125. The Hall–Kier alpha value is -2.18. The highest BCUT2D eigenvalue weighted by Crippen LogP contribution is 2.18. The number of ether oxygens (including phenoxy) is 1. The predicted molar refractivity (Wildman–Crippen MR) is 87.2 cm³/mol. The predicted octanol–water partition coefficient (Wildman–Crippen LogP) is 1.21. The minimum Gasteiger partial charge on any atom is -0.380 e. The average Bonchev–Trinajstić information content (AvgIpc) is 3.19. The molecule has 1 amide bonds. The molecule has 0 spiro atoms. The second kappa shape index (κ2) is 6.93. The Morgan fingerprint density at radius 3 is 2.87 bits per heavy atom.